The minimum Gasteiger partial charge on any atom is -0.439 e. The molecule has 0 radical (unpaired) electrons. The van der Waals surface area contributed by atoms with Gasteiger partial charge < -0.3 is 10.5 Å². The zero-order valence-electron chi connectivity index (χ0n) is 9.95. The number of nitrogen functional groups attached to an aromatic ring is 1. The second-order valence-corrected chi connectivity index (χ2v) is 3.90. The molecule has 3 N–H and O–H groups in total. The van der Waals surface area contributed by atoms with Crippen molar-refractivity contribution in [3.05, 3.63) is 49.1 Å². The number of aromatic amines is 1. The van der Waals surface area contributed by atoms with Crippen molar-refractivity contribution >= 4 is 5.69 Å². The molecule has 2 aromatic heterocycles. The number of nitrogens with one attached hydrogen (secondary N) is 1. The second kappa shape index (κ2) is 4.77. The highest BCUT2D eigenvalue weighted by Gasteiger charge is 2.05. The van der Waals surface area contributed by atoms with Gasteiger partial charge in [-0.05, 0) is 12.1 Å². The number of benzene rings is 1. The maximum Gasteiger partial charge on any atom is 0.222 e. The molecule has 0 aliphatic heterocycles. The Morgan fingerprint density at radius 2 is 2.11 bits per heavy atom. The minimum absolute atomic E-state index is 0.455. The molecule has 0 spiro atoms. The molecule has 94 valence electrons. The molecule has 0 saturated heterocycles. The summed E-state index contributed by atoms with van der Waals surface area (Å²) in [5.41, 5.74) is 7.95. The van der Waals surface area contributed by atoms with E-state index in [0.717, 1.165) is 11.3 Å². The lowest BCUT2D eigenvalue weighted by molar-refractivity contribution is 0.462. The summed E-state index contributed by atoms with van der Waals surface area (Å²) in [5, 5.41) is 6.62. The van der Waals surface area contributed by atoms with Crippen LogP contribution >= 0.6 is 0 Å². The zero-order valence-corrected chi connectivity index (χ0v) is 9.95. The van der Waals surface area contributed by atoms with Crippen molar-refractivity contribution in [2.75, 3.05) is 5.73 Å². The molecule has 0 amide bonds. The van der Waals surface area contributed by atoms with Gasteiger partial charge in [-0.2, -0.15) is 5.10 Å². The van der Waals surface area contributed by atoms with E-state index in [4.69, 9.17) is 10.5 Å². The van der Waals surface area contributed by atoms with Crippen LogP contribution in [0.2, 0.25) is 0 Å². The molecular weight excluding hydrogens is 242 g/mol. The number of aromatic nitrogens is 4. The lowest BCUT2D eigenvalue weighted by Gasteiger charge is -2.05. The molecule has 0 aliphatic carbocycles. The quantitative estimate of drug-likeness (QED) is 0.698. The maximum atomic E-state index is 5.69. The smallest absolute Gasteiger partial charge is 0.222 e. The van der Waals surface area contributed by atoms with Crippen molar-refractivity contribution in [2.45, 2.75) is 0 Å². The van der Waals surface area contributed by atoms with Crippen molar-refractivity contribution in [3.8, 4) is 22.9 Å². The summed E-state index contributed by atoms with van der Waals surface area (Å²) in [6.07, 6.45) is 4.89. The molecule has 0 fully saturated rings. The van der Waals surface area contributed by atoms with Gasteiger partial charge in [0.25, 0.3) is 0 Å². The van der Waals surface area contributed by atoms with Gasteiger partial charge in [0, 0.05) is 29.6 Å². The second-order valence-electron chi connectivity index (χ2n) is 3.90. The van der Waals surface area contributed by atoms with Crippen LogP contribution in [0.25, 0.3) is 11.3 Å². The van der Waals surface area contributed by atoms with Gasteiger partial charge in [0.15, 0.2) is 0 Å². The summed E-state index contributed by atoms with van der Waals surface area (Å²) in [4.78, 5) is 8.23. The first kappa shape index (κ1) is 11.2. The van der Waals surface area contributed by atoms with E-state index in [1.54, 1.807) is 30.6 Å². The normalized spacial score (nSPS) is 10.3. The fourth-order valence-corrected chi connectivity index (χ4v) is 1.64. The monoisotopic (exact) mass is 253 g/mol. The number of rotatable bonds is 3. The third-order valence-electron chi connectivity index (χ3n) is 2.52. The van der Waals surface area contributed by atoms with Gasteiger partial charge in [0.05, 0.1) is 11.9 Å². The fourth-order valence-electron chi connectivity index (χ4n) is 1.64. The molecular formula is C13H11N5O. The van der Waals surface area contributed by atoms with Gasteiger partial charge in [-0.15, -0.1) is 0 Å². The highest BCUT2D eigenvalue weighted by atomic mass is 16.5. The van der Waals surface area contributed by atoms with Crippen molar-refractivity contribution in [3.63, 3.8) is 0 Å². The number of hydrogen-bond donors (Lipinski definition) is 2. The Balaban J connectivity index is 1.88. The van der Waals surface area contributed by atoms with Crippen molar-refractivity contribution in [2.24, 2.45) is 0 Å². The molecule has 6 nitrogen and oxygen atoms in total. The van der Waals surface area contributed by atoms with Gasteiger partial charge in [0.2, 0.25) is 5.88 Å². The lowest BCUT2D eigenvalue weighted by atomic mass is 10.2. The van der Waals surface area contributed by atoms with Gasteiger partial charge in [0.1, 0.15) is 12.1 Å². The number of nitrogens with zero attached hydrogens (tertiary/aromatic N) is 3. The van der Waals surface area contributed by atoms with Crippen LogP contribution in [-0.4, -0.2) is 20.2 Å². The first-order chi connectivity index (χ1) is 9.31. The van der Waals surface area contributed by atoms with Crippen LogP contribution in [0.3, 0.4) is 0 Å². The topological polar surface area (TPSA) is 89.7 Å². The summed E-state index contributed by atoms with van der Waals surface area (Å²) in [7, 11) is 0. The predicted octanol–water partition coefficient (Wildman–Crippen LogP) is 2.24. The van der Waals surface area contributed by atoms with Crippen LogP contribution in [0.1, 0.15) is 0 Å². The summed E-state index contributed by atoms with van der Waals surface area (Å²) in [5.74, 6) is 1.09. The van der Waals surface area contributed by atoms with E-state index < -0.39 is 0 Å². The van der Waals surface area contributed by atoms with Crippen molar-refractivity contribution < 1.29 is 4.74 Å². The standard InChI is InChI=1S/C13H11N5O/c14-10-2-1-3-11(4-10)19-13-5-12(15-8-16-13)9-6-17-18-7-9/h1-8H,14H2,(H,17,18). The minimum atomic E-state index is 0.455. The predicted molar refractivity (Wildman–Crippen MR) is 70.5 cm³/mol. The van der Waals surface area contributed by atoms with E-state index in [9.17, 15) is 0 Å². The van der Waals surface area contributed by atoms with E-state index in [0.29, 0.717) is 17.3 Å². The van der Waals surface area contributed by atoms with Crippen molar-refractivity contribution in [1.82, 2.24) is 20.2 Å². The first-order valence-electron chi connectivity index (χ1n) is 5.66. The number of hydrogen-bond acceptors (Lipinski definition) is 5. The van der Waals surface area contributed by atoms with Gasteiger partial charge >= 0.3 is 0 Å². The van der Waals surface area contributed by atoms with Crippen LogP contribution < -0.4 is 10.5 Å². The molecule has 6 heteroatoms. The molecule has 0 bridgehead atoms. The molecule has 3 rings (SSSR count). The molecule has 19 heavy (non-hydrogen) atoms. The van der Waals surface area contributed by atoms with Crippen molar-refractivity contribution in [1.29, 1.82) is 0 Å². The Hall–Kier alpha value is -2.89. The Kier molecular flexibility index (Phi) is 2.82. The third kappa shape index (κ3) is 2.52. The Morgan fingerprint density at radius 3 is 2.89 bits per heavy atom. The Morgan fingerprint density at radius 1 is 1.16 bits per heavy atom. The molecule has 0 aliphatic rings. The molecule has 1 aromatic carbocycles. The average molecular weight is 253 g/mol. The summed E-state index contributed by atoms with van der Waals surface area (Å²) in [6, 6.07) is 8.91. The molecule has 0 saturated carbocycles. The van der Waals surface area contributed by atoms with Crippen LogP contribution in [0, 0.1) is 0 Å². The average Bonchev–Trinajstić information content (AvgIpc) is 2.93. The number of H-pyrrole nitrogens is 1. The highest BCUT2D eigenvalue weighted by Crippen LogP contribution is 2.24. The summed E-state index contributed by atoms with van der Waals surface area (Å²) < 4.78 is 5.64. The molecule has 0 atom stereocenters. The third-order valence-corrected chi connectivity index (χ3v) is 2.52. The first-order valence-corrected chi connectivity index (χ1v) is 5.66. The molecule has 2 heterocycles. The van der Waals surface area contributed by atoms with Gasteiger partial charge in [-0.25, -0.2) is 9.97 Å². The Bertz CT molecular complexity index is 681. The number of nitrogens with two attached hydrogens (primary N) is 1. The van der Waals surface area contributed by atoms with E-state index in [1.165, 1.54) is 6.33 Å². The van der Waals surface area contributed by atoms with Gasteiger partial charge in [-0.1, -0.05) is 6.07 Å². The van der Waals surface area contributed by atoms with E-state index in [1.807, 2.05) is 12.1 Å². The van der Waals surface area contributed by atoms with Crippen LogP contribution in [0.15, 0.2) is 49.1 Å². The van der Waals surface area contributed by atoms with Crippen LogP contribution in [-0.2, 0) is 0 Å². The van der Waals surface area contributed by atoms with E-state index in [2.05, 4.69) is 20.2 Å². The zero-order chi connectivity index (χ0) is 13.1. The summed E-state index contributed by atoms with van der Waals surface area (Å²) in [6.45, 7) is 0. The van der Waals surface area contributed by atoms with Gasteiger partial charge in [-0.3, -0.25) is 5.10 Å². The number of ether oxygens (including phenoxy) is 1. The van der Waals surface area contributed by atoms with Crippen LogP contribution in [0.5, 0.6) is 11.6 Å². The SMILES string of the molecule is Nc1cccc(Oc2cc(-c3cn[nH]c3)ncn2)c1. The number of anilines is 1. The van der Waals surface area contributed by atoms with Crippen LogP contribution in [0.4, 0.5) is 5.69 Å². The summed E-state index contributed by atoms with van der Waals surface area (Å²) >= 11 is 0. The highest BCUT2D eigenvalue weighted by molar-refractivity contribution is 5.57. The van der Waals surface area contributed by atoms with E-state index >= 15 is 0 Å². The Labute approximate surface area is 109 Å². The molecule has 0 unspecified atom stereocenters. The maximum absolute atomic E-state index is 5.69. The molecule has 3 aromatic rings. The fraction of sp³-hybridized carbons (Fsp3) is 0. The largest absolute Gasteiger partial charge is 0.439 e. The lowest BCUT2D eigenvalue weighted by Crippen LogP contribution is -1.92. The van der Waals surface area contributed by atoms with E-state index in [-0.39, 0.29) is 0 Å².